The van der Waals surface area contributed by atoms with Gasteiger partial charge in [-0.1, -0.05) is 86.4 Å². The quantitative estimate of drug-likeness (QED) is 0.117. The smallest absolute Gasteiger partial charge is 0.243 e. The number of aliphatic hydroxyl groups is 2. The molecule has 3 rings (SSSR count). The second kappa shape index (κ2) is 19.8. The van der Waals surface area contributed by atoms with Gasteiger partial charge in [0, 0.05) is 38.7 Å². The second-order valence-corrected chi connectivity index (χ2v) is 13.9. The SMILES string of the molecule is CCCCC[C@H](OCc1ccccc1)[C@H](O)[C@H]1C=CC[C@H](CC(=O)NCCCCN(CCCO)S(=O)(=O)c2ccc(C)cc2)N1. The van der Waals surface area contributed by atoms with E-state index in [4.69, 9.17) is 4.74 Å². The predicted octanol–water partition coefficient (Wildman–Crippen LogP) is 4.47. The summed E-state index contributed by atoms with van der Waals surface area (Å²) in [7, 11) is -3.67. The fraction of sp³-hybridized carbons (Fsp3) is 0.571. The number of nitrogens with zero attached hydrogens (tertiary/aromatic N) is 1. The van der Waals surface area contributed by atoms with Crippen molar-refractivity contribution in [2.45, 2.75) is 107 Å². The van der Waals surface area contributed by atoms with Gasteiger partial charge in [0.15, 0.2) is 0 Å². The lowest BCUT2D eigenvalue weighted by Crippen LogP contribution is -2.52. The molecule has 0 saturated heterocycles. The summed E-state index contributed by atoms with van der Waals surface area (Å²) in [5, 5.41) is 27.0. The first-order valence-electron chi connectivity index (χ1n) is 16.4. The van der Waals surface area contributed by atoms with E-state index in [9.17, 15) is 23.4 Å². The molecular formula is C35H53N3O6S. The lowest BCUT2D eigenvalue weighted by Gasteiger charge is -2.34. The molecule has 4 N–H and O–H groups in total. The van der Waals surface area contributed by atoms with Crippen molar-refractivity contribution in [3.05, 3.63) is 77.9 Å². The van der Waals surface area contributed by atoms with E-state index in [0.717, 1.165) is 36.8 Å². The number of benzene rings is 2. The van der Waals surface area contributed by atoms with Crippen molar-refractivity contribution in [2.24, 2.45) is 0 Å². The molecular weight excluding hydrogens is 590 g/mol. The molecule has 45 heavy (non-hydrogen) atoms. The van der Waals surface area contributed by atoms with E-state index in [1.165, 1.54) is 4.31 Å². The van der Waals surface area contributed by atoms with E-state index in [2.05, 4.69) is 17.6 Å². The third kappa shape index (κ3) is 12.6. The molecule has 0 spiro atoms. The van der Waals surface area contributed by atoms with Gasteiger partial charge in [-0.25, -0.2) is 8.42 Å². The molecule has 2 aromatic carbocycles. The number of ether oxygens (including phenoxy) is 1. The molecule has 0 aliphatic carbocycles. The summed E-state index contributed by atoms with van der Waals surface area (Å²) in [6.07, 6.45) is 9.41. The highest BCUT2D eigenvalue weighted by Crippen LogP contribution is 2.20. The third-order valence-corrected chi connectivity index (χ3v) is 10.1. The Balaban J connectivity index is 1.44. The molecule has 9 nitrogen and oxygen atoms in total. The highest BCUT2D eigenvalue weighted by molar-refractivity contribution is 7.89. The fourth-order valence-electron chi connectivity index (χ4n) is 5.49. The summed E-state index contributed by atoms with van der Waals surface area (Å²) in [6.45, 7) is 5.41. The van der Waals surface area contributed by atoms with Crippen molar-refractivity contribution < 1.29 is 28.2 Å². The van der Waals surface area contributed by atoms with Gasteiger partial charge in [0.1, 0.15) is 0 Å². The molecule has 0 unspecified atom stereocenters. The van der Waals surface area contributed by atoms with Crippen LogP contribution in [0, 0.1) is 6.92 Å². The second-order valence-electron chi connectivity index (χ2n) is 11.9. The first-order valence-corrected chi connectivity index (χ1v) is 17.9. The minimum Gasteiger partial charge on any atom is -0.396 e. The maximum absolute atomic E-state index is 13.2. The fourth-order valence-corrected chi connectivity index (χ4v) is 7.01. The monoisotopic (exact) mass is 643 g/mol. The van der Waals surface area contributed by atoms with Crippen LogP contribution in [0.3, 0.4) is 0 Å². The van der Waals surface area contributed by atoms with E-state index in [1.807, 2.05) is 49.4 Å². The number of rotatable bonds is 21. The van der Waals surface area contributed by atoms with Gasteiger partial charge in [0.05, 0.1) is 29.8 Å². The molecule has 0 fully saturated rings. The summed E-state index contributed by atoms with van der Waals surface area (Å²) in [4.78, 5) is 13.0. The van der Waals surface area contributed by atoms with Gasteiger partial charge in [-0.3, -0.25) is 4.79 Å². The first kappa shape index (κ1) is 36.9. The number of unbranched alkanes of at least 4 members (excludes halogenated alkanes) is 3. The Morgan fingerprint density at radius 2 is 1.78 bits per heavy atom. The normalized spacial score (nSPS) is 18.2. The van der Waals surface area contributed by atoms with Gasteiger partial charge in [-0.05, 0) is 56.7 Å². The maximum atomic E-state index is 13.2. The number of carbonyl (C=O) groups is 1. The standard InChI is InChI=1S/C35H53N3O6S/c1-3-4-6-17-33(44-27-29-13-7-5-8-14-29)35(41)32-16-11-15-30(37-32)26-34(40)36-22-9-10-23-38(24-12-25-39)45(42,43)31-20-18-28(2)19-21-31/h5,7-8,11,13-14,16,18-21,30,32-33,35,37,39,41H,3-4,6,9-10,12,15,17,22-27H2,1-2H3,(H,36,40)/t30-,32-,33+,35-/m1/s1. The third-order valence-electron chi connectivity index (χ3n) is 8.15. The zero-order valence-corrected chi connectivity index (χ0v) is 27.8. The number of hydrogen-bond acceptors (Lipinski definition) is 7. The van der Waals surface area contributed by atoms with Crippen LogP contribution < -0.4 is 10.6 Å². The number of aliphatic hydroxyl groups excluding tert-OH is 2. The molecule has 2 aromatic rings. The lowest BCUT2D eigenvalue weighted by atomic mass is 9.94. The van der Waals surface area contributed by atoms with Crippen molar-refractivity contribution in [1.82, 2.24) is 14.9 Å². The Hall–Kier alpha value is -2.60. The van der Waals surface area contributed by atoms with Gasteiger partial charge in [-0.15, -0.1) is 0 Å². The summed E-state index contributed by atoms with van der Waals surface area (Å²) in [5.41, 5.74) is 2.05. The predicted molar refractivity (Wildman–Crippen MR) is 178 cm³/mol. The maximum Gasteiger partial charge on any atom is 0.243 e. The van der Waals surface area contributed by atoms with Gasteiger partial charge in [0.2, 0.25) is 15.9 Å². The Morgan fingerprint density at radius 3 is 2.49 bits per heavy atom. The molecule has 1 heterocycles. The van der Waals surface area contributed by atoms with Crippen LogP contribution in [0.5, 0.6) is 0 Å². The summed E-state index contributed by atoms with van der Waals surface area (Å²) in [6, 6.07) is 16.3. The number of sulfonamides is 1. The van der Waals surface area contributed by atoms with Gasteiger partial charge >= 0.3 is 0 Å². The van der Waals surface area contributed by atoms with Crippen LogP contribution in [0.4, 0.5) is 0 Å². The van der Waals surface area contributed by atoms with Gasteiger partial charge in [0.25, 0.3) is 0 Å². The molecule has 0 aromatic heterocycles. The number of amides is 1. The van der Waals surface area contributed by atoms with Crippen molar-refractivity contribution in [2.75, 3.05) is 26.2 Å². The summed E-state index contributed by atoms with van der Waals surface area (Å²) in [5.74, 6) is -0.0831. The summed E-state index contributed by atoms with van der Waals surface area (Å²) >= 11 is 0. The molecule has 1 aliphatic heterocycles. The average molecular weight is 644 g/mol. The van der Waals surface area contributed by atoms with E-state index >= 15 is 0 Å². The molecule has 4 atom stereocenters. The lowest BCUT2D eigenvalue weighted by molar-refractivity contribution is -0.121. The van der Waals surface area contributed by atoms with Crippen LogP contribution in [-0.4, -0.2) is 79.4 Å². The van der Waals surface area contributed by atoms with Crippen molar-refractivity contribution >= 4 is 15.9 Å². The number of hydrogen-bond donors (Lipinski definition) is 4. The Kier molecular flexibility index (Phi) is 16.2. The molecule has 1 amide bonds. The first-order chi connectivity index (χ1) is 21.7. The number of aryl methyl sites for hydroxylation is 1. The minimum atomic E-state index is -3.67. The van der Waals surface area contributed by atoms with Crippen LogP contribution in [0.25, 0.3) is 0 Å². The van der Waals surface area contributed by atoms with E-state index < -0.39 is 16.1 Å². The molecule has 0 saturated carbocycles. The molecule has 1 aliphatic rings. The van der Waals surface area contributed by atoms with Crippen LogP contribution in [0.15, 0.2) is 71.6 Å². The molecule has 0 bridgehead atoms. The summed E-state index contributed by atoms with van der Waals surface area (Å²) < 4.78 is 34.0. The molecule has 10 heteroatoms. The van der Waals surface area contributed by atoms with Crippen LogP contribution in [0.1, 0.15) is 75.8 Å². The van der Waals surface area contributed by atoms with Crippen LogP contribution in [-0.2, 0) is 26.2 Å². The van der Waals surface area contributed by atoms with E-state index in [1.54, 1.807) is 24.3 Å². The highest BCUT2D eigenvalue weighted by atomic mass is 32.2. The van der Waals surface area contributed by atoms with Crippen LogP contribution >= 0.6 is 0 Å². The minimum absolute atomic E-state index is 0.0831. The van der Waals surface area contributed by atoms with Crippen molar-refractivity contribution in [3.8, 4) is 0 Å². The van der Waals surface area contributed by atoms with Crippen LogP contribution in [0.2, 0.25) is 0 Å². The Morgan fingerprint density at radius 1 is 1.04 bits per heavy atom. The van der Waals surface area contributed by atoms with Crippen molar-refractivity contribution in [1.29, 1.82) is 0 Å². The van der Waals surface area contributed by atoms with Gasteiger partial charge in [-0.2, -0.15) is 4.31 Å². The van der Waals surface area contributed by atoms with Gasteiger partial charge < -0.3 is 25.6 Å². The zero-order chi connectivity index (χ0) is 32.5. The Bertz CT molecular complexity index is 1260. The van der Waals surface area contributed by atoms with E-state index in [-0.39, 0.29) is 48.6 Å². The topological polar surface area (TPSA) is 128 Å². The zero-order valence-electron chi connectivity index (χ0n) is 26.9. The molecule has 250 valence electrons. The number of carbonyl (C=O) groups excluding carboxylic acids is 1. The largest absolute Gasteiger partial charge is 0.396 e. The van der Waals surface area contributed by atoms with Crippen molar-refractivity contribution in [3.63, 3.8) is 0 Å². The van der Waals surface area contributed by atoms with E-state index in [0.29, 0.717) is 45.4 Å². The number of nitrogens with one attached hydrogen (secondary N) is 2. The molecule has 0 radical (unpaired) electrons. The highest BCUT2D eigenvalue weighted by Gasteiger charge is 2.31. The Labute approximate surface area is 270 Å². The average Bonchev–Trinajstić information content (AvgIpc) is 3.04.